The highest BCUT2D eigenvalue weighted by molar-refractivity contribution is 6.77. The molecule has 0 radical (unpaired) electrons. The monoisotopic (exact) mass is 358 g/mol. The Labute approximate surface area is 146 Å². The maximum absolute atomic E-state index is 13.6. The Balaban J connectivity index is 2.66. The molecule has 1 aromatic rings. The summed E-state index contributed by atoms with van der Waals surface area (Å²) in [6.07, 6.45) is 0.413. The molecule has 0 saturated heterocycles. The molecule has 0 N–H and O–H groups in total. The Bertz CT molecular complexity index is 496. The molecular weight excluding hydrogens is 326 g/mol. The molecule has 0 amide bonds. The van der Waals surface area contributed by atoms with Crippen LogP contribution < -0.4 is 4.74 Å². The van der Waals surface area contributed by atoms with Gasteiger partial charge in [-0.3, -0.25) is 0 Å². The number of ether oxygens (including phenoxy) is 1. The van der Waals surface area contributed by atoms with Gasteiger partial charge in [0.05, 0.1) is 6.10 Å². The van der Waals surface area contributed by atoms with Crippen molar-refractivity contribution in [3.05, 3.63) is 29.8 Å². The Morgan fingerprint density at radius 1 is 0.917 bits per heavy atom. The van der Waals surface area contributed by atoms with Crippen LogP contribution in [0.3, 0.4) is 0 Å². The first-order valence-electron chi connectivity index (χ1n) is 8.86. The predicted molar refractivity (Wildman–Crippen MR) is 98.1 cm³/mol. The molecule has 0 aliphatic carbocycles. The largest absolute Gasteiger partial charge is 0.487 e. The van der Waals surface area contributed by atoms with Crippen molar-refractivity contribution in [1.82, 2.24) is 0 Å². The van der Waals surface area contributed by atoms with Crippen molar-refractivity contribution in [3.8, 4) is 5.75 Å². The van der Waals surface area contributed by atoms with Gasteiger partial charge in [0.25, 0.3) is 0 Å². The Morgan fingerprint density at radius 3 is 1.96 bits per heavy atom. The first-order chi connectivity index (χ1) is 11.1. The summed E-state index contributed by atoms with van der Waals surface area (Å²) in [5, 5.41) is 0. The average Bonchev–Trinajstić information content (AvgIpc) is 2.46. The highest BCUT2D eigenvalue weighted by Gasteiger charge is 2.44. The lowest BCUT2D eigenvalue weighted by Crippen LogP contribution is -2.48. The first kappa shape index (κ1) is 21.1. The standard InChI is InChI=1S/C19H32F2O2Si/c1-13(2)24(14(3)4,15(5)6)22-11-10-16(7)23-19-12-17(20)8-9-18(19)21/h8-9,12-16H,10-11H2,1-7H3/t16-/m1/s1. The molecule has 0 fully saturated rings. The van der Waals surface area contributed by atoms with E-state index in [9.17, 15) is 8.78 Å². The fourth-order valence-electron chi connectivity index (χ4n) is 3.74. The van der Waals surface area contributed by atoms with Crippen molar-refractivity contribution in [2.24, 2.45) is 0 Å². The minimum absolute atomic E-state index is 0.0393. The maximum atomic E-state index is 13.6. The molecule has 2 nitrogen and oxygen atoms in total. The van der Waals surface area contributed by atoms with Gasteiger partial charge in [-0.05, 0) is 35.7 Å². The van der Waals surface area contributed by atoms with Crippen LogP contribution in [0, 0.1) is 11.6 Å². The molecule has 0 spiro atoms. The van der Waals surface area contributed by atoms with Gasteiger partial charge in [-0.25, -0.2) is 8.78 Å². The van der Waals surface area contributed by atoms with Gasteiger partial charge in [-0.15, -0.1) is 0 Å². The van der Waals surface area contributed by atoms with Gasteiger partial charge in [0.2, 0.25) is 0 Å². The van der Waals surface area contributed by atoms with Crippen molar-refractivity contribution in [3.63, 3.8) is 0 Å². The fourth-order valence-corrected chi connectivity index (χ4v) is 9.22. The summed E-state index contributed by atoms with van der Waals surface area (Å²) in [6.45, 7) is 15.9. The zero-order valence-corrected chi connectivity index (χ0v) is 17.0. The van der Waals surface area contributed by atoms with E-state index in [-0.39, 0.29) is 11.9 Å². The SMILES string of the molecule is CC(C)[Si](OCC[C@@H](C)Oc1cc(F)ccc1F)(C(C)C)C(C)C. The lowest BCUT2D eigenvalue weighted by molar-refractivity contribution is 0.162. The number of benzene rings is 1. The highest BCUT2D eigenvalue weighted by atomic mass is 28.4. The quantitative estimate of drug-likeness (QED) is 0.481. The summed E-state index contributed by atoms with van der Waals surface area (Å²) in [5.41, 5.74) is 1.57. The molecule has 0 aromatic heterocycles. The van der Waals surface area contributed by atoms with Crippen molar-refractivity contribution in [1.29, 1.82) is 0 Å². The van der Waals surface area contributed by atoms with Crippen LogP contribution in [0.4, 0.5) is 8.78 Å². The lowest BCUT2D eigenvalue weighted by Gasteiger charge is -2.42. The number of rotatable bonds is 9. The molecule has 0 aliphatic rings. The van der Waals surface area contributed by atoms with E-state index in [1.165, 1.54) is 0 Å². The second-order valence-corrected chi connectivity index (χ2v) is 12.9. The van der Waals surface area contributed by atoms with Gasteiger partial charge >= 0.3 is 0 Å². The van der Waals surface area contributed by atoms with E-state index < -0.39 is 20.0 Å². The predicted octanol–water partition coefficient (Wildman–Crippen LogP) is 6.31. The number of halogens is 2. The van der Waals surface area contributed by atoms with E-state index in [0.717, 1.165) is 18.2 Å². The summed E-state index contributed by atoms with van der Waals surface area (Å²) in [7, 11) is -1.90. The average molecular weight is 359 g/mol. The van der Waals surface area contributed by atoms with Gasteiger partial charge in [-0.2, -0.15) is 0 Å². The normalized spacial score (nSPS) is 13.8. The first-order valence-corrected chi connectivity index (χ1v) is 11.0. The zero-order valence-electron chi connectivity index (χ0n) is 16.0. The summed E-state index contributed by atoms with van der Waals surface area (Å²) in [4.78, 5) is 0. The van der Waals surface area contributed by atoms with Gasteiger partial charge in [0.15, 0.2) is 19.9 Å². The van der Waals surface area contributed by atoms with Crippen LogP contribution in [-0.2, 0) is 4.43 Å². The maximum Gasteiger partial charge on any atom is 0.200 e. The molecule has 1 atom stereocenters. The van der Waals surface area contributed by atoms with E-state index in [2.05, 4.69) is 41.5 Å². The third-order valence-electron chi connectivity index (χ3n) is 4.80. The van der Waals surface area contributed by atoms with Crippen LogP contribution in [-0.4, -0.2) is 21.0 Å². The summed E-state index contributed by atoms with van der Waals surface area (Å²) in [5.74, 6) is -1.08. The molecular formula is C19H32F2O2Si. The number of hydrogen-bond donors (Lipinski definition) is 0. The molecule has 1 rings (SSSR count). The molecule has 1 aromatic carbocycles. The number of hydrogen-bond acceptors (Lipinski definition) is 2. The van der Waals surface area contributed by atoms with Crippen molar-refractivity contribution < 1.29 is 17.9 Å². The van der Waals surface area contributed by atoms with E-state index in [4.69, 9.17) is 9.16 Å². The molecule has 0 heterocycles. The molecule has 5 heteroatoms. The van der Waals surface area contributed by atoms with Crippen LogP contribution in [0.5, 0.6) is 5.75 Å². The van der Waals surface area contributed by atoms with Crippen molar-refractivity contribution in [2.75, 3.05) is 6.61 Å². The Morgan fingerprint density at radius 2 is 1.46 bits per heavy atom. The van der Waals surface area contributed by atoms with Crippen molar-refractivity contribution in [2.45, 2.75) is 77.6 Å². The lowest BCUT2D eigenvalue weighted by atomic mass is 10.3. The third kappa shape index (κ3) is 5.03. The van der Waals surface area contributed by atoms with Gasteiger partial charge in [0, 0.05) is 19.1 Å². The summed E-state index contributed by atoms with van der Waals surface area (Å²) < 4.78 is 38.9. The van der Waals surface area contributed by atoms with E-state index in [1.807, 2.05) is 6.92 Å². The molecule has 0 unspecified atom stereocenters. The van der Waals surface area contributed by atoms with Crippen molar-refractivity contribution >= 4 is 8.32 Å². The van der Waals surface area contributed by atoms with Gasteiger partial charge in [0.1, 0.15) is 5.82 Å². The van der Waals surface area contributed by atoms with Crippen LogP contribution in [0.25, 0.3) is 0 Å². The second-order valence-electron chi connectivity index (χ2n) is 7.46. The van der Waals surface area contributed by atoms with Crippen LogP contribution in [0.1, 0.15) is 54.9 Å². The summed E-state index contributed by atoms with van der Waals surface area (Å²) >= 11 is 0. The van der Waals surface area contributed by atoms with Crippen LogP contribution in [0.15, 0.2) is 18.2 Å². The van der Waals surface area contributed by atoms with Crippen LogP contribution in [0.2, 0.25) is 16.6 Å². The molecule has 0 aliphatic heterocycles. The third-order valence-corrected chi connectivity index (χ3v) is 10.9. The fraction of sp³-hybridized carbons (Fsp3) is 0.684. The zero-order chi connectivity index (χ0) is 18.5. The Hall–Kier alpha value is -0.943. The molecule has 0 bridgehead atoms. The van der Waals surface area contributed by atoms with Crippen LogP contribution >= 0.6 is 0 Å². The smallest absolute Gasteiger partial charge is 0.200 e. The topological polar surface area (TPSA) is 18.5 Å². The minimum Gasteiger partial charge on any atom is -0.487 e. The minimum atomic E-state index is -1.90. The van der Waals surface area contributed by atoms with E-state index in [0.29, 0.717) is 29.7 Å². The molecule has 138 valence electrons. The second kappa shape index (κ2) is 8.95. The van der Waals surface area contributed by atoms with Gasteiger partial charge < -0.3 is 9.16 Å². The molecule has 24 heavy (non-hydrogen) atoms. The summed E-state index contributed by atoms with van der Waals surface area (Å²) in [6, 6.07) is 3.26. The Kier molecular flexibility index (Phi) is 7.87. The molecule has 0 saturated carbocycles. The van der Waals surface area contributed by atoms with E-state index >= 15 is 0 Å². The highest BCUT2D eigenvalue weighted by Crippen LogP contribution is 2.42. The van der Waals surface area contributed by atoms with E-state index in [1.54, 1.807) is 0 Å². The van der Waals surface area contributed by atoms with Gasteiger partial charge in [-0.1, -0.05) is 41.5 Å².